The van der Waals surface area contributed by atoms with Crippen LogP contribution in [-0.2, 0) is 27.7 Å². The van der Waals surface area contributed by atoms with Crippen LogP contribution in [0.15, 0.2) is 41.3 Å². The van der Waals surface area contributed by atoms with Crippen LogP contribution in [0.4, 0.5) is 5.69 Å². The molecule has 7 heteroatoms. The van der Waals surface area contributed by atoms with Crippen LogP contribution in [0.3, 0.4) is 0 Å². The van der Waals surface area contributed by atoms with Crippen LogP contribution in [0.2, 0.25) is 5.02 Å². The van der Waals surface area contributed by atoms with Crippen molar-refractivity contribution in [3.8, 4) is 0 Å². The molecule has 5 nitrogen and oxygen atoms in total. The van der Waals surface area contributed by atoms with Crippen molar-refractivity contribution in [2.75, 3.05) is 11.9 Å². The van der Waals surface area contributed by atoms with Gasteiger partial charge in [-0.05, 0) is 49.1 Å². The third kappa shape index (κ3) is 5.54. The van der Waals surface area contributed by atoms with Gasteiger partial charge in [0.1, 0.15) is 0 Å². The molecule has 0 heterocycles. The summed E-state index contributed by atoms with van der Waals surface area (Å²) >= 11 is 6.24. The van der Waals surface area contributed by atoms with Crippen molar-refractivity contribution in [3.05, 3.63) is 58.1 Å². The molecule has 2 rings (SSSR count). The lowest BCUT2D eigenvalue weighted by molar-refractivity contribution is -0.116. The summed E-state index contributed by atoms with van der Waals surface area (Å²) in [6.07, 6.45) is 1.49. The SMILES string of the molecule is CCc1ccc(Cl)c(CC)c1NC(=O)CCNS(=O)(=O)c1ccc(C)cc1. The molecule has 0 bridgehead atoms. The third-order valence-corrected chi connectivity index (χ3v) is 6.15. The van der Waals surface area contributed by atoms with E-state index < -0.39 is 10.0 Å². The molecule has 146 valence electrons. The van der Waals surface area contributed by atoms with Crippen molar-refractivity contribution in [1.29, 1.82) is 0 Å². The van der Waals surface area contributed by atoms with Crippen LogP contribution in [0, 0.1) is 6.92 Å². The number of carbonyl (C=O) groups is 1. The minimum absolute atomic E-state index is 0.0194. The highest BCUT2D eigenvalue weighted by atomic mass is 35.5. The van der Waals surface area contributed by atoms with Gasteiger partial charge in [-0.2, -0.15) is 0 Å². The monoisotopic (exact) mass is 408 g/mol. The largest absolute Gasteiger partial charge is 0.325 e. The van der Waals surface area contributed by atoms with Crippen molar-refractivity contribution < 1.29 is 13.2 Å². The fraction of sp³-hybridized carbons (Fsp3) is 0.350. The molecule has 0 aliphatic rings. The Morgan fingerprint density at radius 2 is 1.70 bits per heavy atom. The number of hydrogen-bond donors (Lipinski definition) is 2. The van der Waals surface area contributed by atoms with E-state index in [-0.39, 0.29) is 23.8 Å². The van der Waals surface area contributed by atoms with E-state index in [0.29, 0.717) is 11.4 Å². The Hall–Kier alpha value is -1.89. The highest BCUT2D eigenvalue weighted by molar-refractivity contribution is 7.89. The molecule has 0 aromatic heterocycles. The van der Waals surface area contributed by atoms with Gasteiger partial charge in [0.2, 0.25) is 15.9 Å². The second-order valence-corrected chi connectivity index (χ2v) is 8.45. The highest BCUT2D eigenvalue weighted by Gasteiger charge is 2.16. The predicted octanol–water partition coefficient (Wildman–Crippen LogP) is 4.08. The molecule has 27 heavy (non-hydrogen) atoms. The van der Waals surface area contributed by atoms with Crippen molar-refractivity contribution in [2.45, 2.75) is 44.9 Å². The van der Waals surface area contributed by atoms with Gasteiger partial charge in [-0.3, -0.25) is 4.79 Å². The Labute approximate surface area is 166 Å². The zero-order chi connectivity index (χ0) is 20.0. The van der Waals surface area contributed by atoms with Crippen molar-refractivity contribution in [2.24, 2.45) is 0 Å². The Kier molecular flexibility index (Phi) is 7.41. The van der Waals surface area contributed by atoms with E-state index in [2.05, 4.69) is 10.0 Å². The minimum atomic E-state index is -3.63. The zero-order valence-corrected chi connectivity index (χ0v) is 17.4. The molecule has 0 unspecified atom stereocenters. The van der Waals surface area contributed by atoms with Gasteiger partial charge in [-0.25, -0.2) is 13.1 Å². The quantitative estimate of drug-likeness (QED) is 0.691. The summed E-state index contributed by atoms with van der Waals surface area (Å²) < 4.78 is 27.0. The first-order valence-electron chi connectivity index (χ1n) is 8.95. The lowest BCUT2D eigenvalue weighted by Crippen LogP contribution is -2.28. The summed E-state index contributed by atoms with van der Waals surface area (Å²) in [4.78, 5) is 12.5. The number of nitrogens with one attached hydrogen (secondary N) is 2. The molecule has 2 aromatic carbocycles. The van der Waals surface area contributed by atoms with Gasteiger partial charge in [0, 0.05) is 23.7 Å². The van der Waals surface area contributed by atoms with Crippen LogP contribution in [-0.4, -0.2) is 20.9 Å². The summed E-state index contributed by atoms with van der Waals surface area (Å²) in [5.74, 6) is -0.256. The van der Waals surface area contributed by atoms with Gasteiger partial charge < -0.3 is 5.32 Å². The fourth-order valence-electron chi connectivity index (χ4n) is 2.77. The number of amides is 1. The van der Waals surface area contributed by atoms with Gasteiger partial charge in [-0.1, -0.05) is 49.2 Å². The van der Waals surface area contributed by atoms with Crippen LogP contribution in [0.1, 0.15) is 37.0 Å². The first-order chi connectivity index (χ1) is 12.8. The van der Waals surface area contributed by atoms with Crippen LogP contribution < -0.4 is 10.0 Å². The van der Waals surface area contributed by atoms with Crippen LogP contribution in [0.25, 0.3) is 0 Å². The van der Waals surface area contributed by atoms with E-state index in [1.54, 1.807) is 24.3 Å². The number of rotatable bonds is 8. The van der Waals surface area contributed by atoms with Gasteiger partial charge in [-0.15, -0.1) is 0 Å². The van der Waals surface area contributed by atoms with Gasteiger partial charge in [0.05, 0.1) is 4.90 Å². The predicted molar refractivity (Wildman–Crippen MR) is 110 cm³/mol. The maximum Gasteiger partial charge on any atom is 0.240 e. The second kappa shape index (κ2) is 9.35. The van der Waals surface area contributed by atoms with Gasteiger partial charge in [0.15, 0.2) is 0 Å². The molecule has 0 saturated carbocycles. The number of benzene rings is 2. The Balaban J connectivity index is 2.01. The standard InChI is InChI=1S/C20H25ClN2O3S/c1-4-15-8-11-18(21)17(5-2)20(15)23-19(24)12-13-22-27(25,26)16-9-6-14(3)7-10-16/h6-11,22H,4-5,12-13H2,1-3H3,(H,23,24). The fourth-order valence-corrected chi connectivity index (χ4v) is 4.09. The molecular formula is C20H25ClN2O3S. The van der Waals surface area contributed by atoms with E-state index in [0.717, 1.165) is 28.8 Å². The summed E-state index contributed by atoms with van der Waals surface area (Å²) in [5.41, 5.74) is 3.61. The van der Waals surface area contributed by atoms with Gasteiger partial charge in [0.25, 0.3) is 0 Å². The Bertz CT molecular complexity index is 910. The van der Waals surface area contributed by atoms with E-state index >= 15 is 0 Å². The summed E-state index contributed by atoms with van der Waals surface area (Å²) in [5, 5.41) is 3.51. The van der Waals surface area contributed by atoms with Crippen molar-refractivity contribution in [1.82, 2.24) is 4.72 Å². The maximum atomic E-state index is 12.3. The van der Waals surface area contributed by atoms with E-state index in [1.165, 1.54) is 0 Å². The second-order valence-electron chi connectivity index (χ2n) is 6.28. The van der Waals surface area contributed by atoms with Crippen LogP contribution in [0.5, 0.6) is 0 Å². The first kappa shape index (κ1) is 21.4. The van der Waals surface area contributed by atoms with E-state index in [1.807, 2.05) is 32.9 Å². The Morgan fingerprint density at radius 1 is 1.04 bits per heavy atom. The first-order valence-corrected chi connectivity index (χ1v) is 10.8. The van der Waals surface area contributed by atoms with Crippen molar-refractivity contribution >= 4 is 33.2 Å². The topological polar surface area (TPSA) is 75.3 Å². The molecule has 0 radical (unpaired) electrons. The number of carbonyl (C=O) groups excluding carboxylic acids is 1. The number of anilines is 1. The molecular weight excluding hydrogens is 384 g/mol. The summed E-state index contributed by atoms with van der Waals surface area (Å²) in [6.45, 7) is 5.89. The molecule has 0 saturated heterocycles. The van der Waals surface area contributed by atoms with Crippen molar-refractivity contribution in [3.63, 3.8) is 0 Å². The molecule has 0 aliphatic heterocycles. The molecule has 2 aromatic rings. The number of sulfonamides is 1. The van der Waals surface area contributed by atoms with E-state index in [9.17, 15) is 13.2 Å². The molecule has 0 atom stereocenters. The number of aryl methyl sites for hydroxylation is 2. The summed E-state index contributed by atoms with van der Waals surface area (Å²) in [6, 6.07) is 10.3. The third-order valence-electron chi connectivity index (χ3n) is 4.32. The Morgan fingerprint density at radius 3 is 2.30 bits per heavy atom. The van der Waals surface area contributed by atoms with Crippen LogP contribution >= 0.6 is 11.6 Å². The molecule has 0 fully saturated rings. The average Bonchev–Trinajstić information content (AvgIpc) is 2.62. The summed E-state index contributed by atoms with van der Waals surface area (Å²) in [7, 11) is -3.63. The minimum Gasteiger partial charge on any atom is -0.325 e. The van der Waals surface area contributed by atoms with Gasteiger partial charge >= 0.3 is 0 Å². The van der Waals surface area contributed by atoms with E-state index in [4.69, 9.17) is 11.6 Å². The smallest absolute Gasteiger partial charge is 0.240 e. The highest BCUT2D eigenvalue weighted by Crippen LogP contribution is 2.29. The lowest BCUT2D eigenvalue weighted by Gasteiger charge is -2.16. The number of hydrogen-bond acceptors (Lipinski definition) is 3. The molecule has 0 aliphatic carbocycles. The molecule has 2 N–H and O–H groups in total. The zero-order valence-electron chi connectivity index (χ0n) is 15.8. The average molecular weight is 409 g/mol. The normalized spacial score (nSPS) is 11.4. The number of halogens is 1. The molecule has 0 spiro atoms. The lowest BCUT2D eigenvalue weighted by atomic mass is 10.0. The molecule has 1 amide bonds. The maximum absolute atomic E-state index is 12.3.